The molecule has 1 N–H and O–H groups in total. The van der Waals surface area contributed by atoms with E-state index in [-0.39, 0.29) is 17.3 Å². The predicted molar refractivity (Wildman–Crippen MR) is 112 cm³/mol. The van der Waals surface area contributed by atoms with Crippen LogP contribution >= 0.6 is 11.8 Å². The number of amides is 1. The molecule has 0 fully saturated rings. The Bertz CT molecular complexity index is 1060. The average molecular weight is 429 g/mol. The average Bonchev–Trinajstić information content (AvgIpc) is 3.12. The van der Waals surface area contributed by atoms with Crippen LogP contribution in [0.1, 0.15) is 17.0 Å². The summed E-state index contributed by atoms with van der Waals surface area (Å²) in [6.45, 7) is 0.243. The topological polar surface area (TPSA) is 45.2 Å². The zero-order valence-corrected chi connectivity index (χ0v) is 16.8. The molecule has 0 aliphatic carbocycles. The van der Waals surface area contributed by atoms with Crippen molar-refractivity contribution in [3.63, 3.8) is 0 Å². The van der Waals surface area contributed by atoms with Gasteiger partial charge in [-0.05, 0) is 48.2 Å². The summed E-state index contributed by atoms with van der Waals surface area (Å²) in [6.07, 6.45) is 0.272. The van der Waals surface area contributed by atoms with Crippen LogP contribution in [0.5, 0.6) is 0 Å². The number of aromatic nitrogens is 1. The second-order valence-corrected chi connectivity index (χ2v) is 7.68. The minimum Gasteiger partial charge on any atom is -0.340 e. The highest BCUT2D eigenvalue weighted by atomic mass is 32.2. The maximum Gasteiger partial charge on any atom is 0.417 e. The molecule has 2 heterocycles. The van der Waals surface area contributed by atoms with Crippen LogP contribution in [-0.2, 0) is 11.0 Å². The first-order valence-electron chi connectivity index (χ1n) is 9.21. The van der Waals surface area contributed by atoms with Gasteiger partial charge < -0.3 is 10.2 Å². The van der Waals surface area contributed by atoms with Gasteiger partial charge in [0.1, 0.15) is 0 Å². The van der Waals surface area contributed by atoms with Gasteiger partial charge in [0.25, 0.3) is 0 Å². The molecule has 154 valence electrons. The van der Waals surface area contributed by atoms with E-state index >= 15 is 0 Å². The van der Waals surface area contributed by atoms with E-state index in [4.69, 9.17) is 0 Å². The van der Waals surface area contributed by atoms with E-state index in [1.807, 2.05) is 18.2 Å². The molecule has 30 heavy (non-hydrogen) atoms. The van der Waals surface area contributed by atoms with Gasteiger partial charge in [-0.2, -0.15) is 13.2 Å². The standard InChI is InChI=1S/C22H18F3N3OS/c1-30-20-11-16-17(21(29)27-14-5-3-2-4-6-14)13-28(15-7-9-26-10-8-15)19(16)12-18(20)22(23,24)25/h2-12,17H,13H2,1H3,(H,27,29). The summed E-state index contributed by atoms with van der Waals surface area (Å²) in [5.41, 5.74) is 1.60. The Morgan fingerprint density at radius 2 is 1.83 bits per heavy atom. The lowest BCUT2D eigenvalue weighted by Gasteiger charge is -2.21. The number of hydrogen-bond donors (Lipinski definition) is 1. The first-order chi connectivity index (χ1) is 14.4. The van der Waals surface area contributed by atoms with Crippen molar-refractivity contribution < 1.29 is 18.0 Å². The van der Waals surface area contributed by atoms with Crippen LogP contribution in [-0.4, -0.2) is 23.7 Å². The highest BCUT2D eigenvalue weighted by Gasteiger charge is 2.40. The largest absolute Gasteiger partial charge is 0.417 e. The molecule has 0 radical (unpaired) electrons. The van der Waals surface area contributed by atoms with Crippen LogP contribution in [0.2, 0.25) is 0 Å². The molecule has 1 aromatic heterocycles. The highest BCUT2D eigenvalue weighted by molar-refractivity contribution is 7.98. The number of fused-ring (bicyclic) bond motifs is 1. The fourth-order valence-electron chi connectivity index (χ4n) is 3.61. The molecular formula is C22H18F3N3OS. The number of pyridine rings is 1. The van der Waals surface area contributed by atoms with E-state index < -0.39 is 17.7 Å². The second-order valence-electron chi connectivity index (χ2n) is 6.83. The van der Waals surface area contributed by atoms with Crippen molar-refractivity contribution in [1.29, 1.82) is 0 Å². The predicted octanol–water partition coefficient (Wildman–Crippen LogP) is 5.70. The number of alkyl halides is 3. The van der Waals surface area contributed by atoms with Gasteiger partial charge in [-0.3, -0.25) is 9.78 Å². The number of halogens is 3. The summed E-state index contributed by atoms with van der Waals surface area (Å²) < 4.78 is 41.0. The Hall–Kier alpha value is -3.00. The van der Waals surface area contributed by atoms with Gasteiger partial charge in [-0.15, -0.1) is 11.8 Å². The third-order valence-corrected chi connectivity index (χ3v) is 5.80. The molecule has 3 aromatic rings. The quantitative estimate of drug-likeness (QED) is 0.541. The molecule has 1 unspecified atom stereocenters. The van der Waals surface area contributed by atoms with Crippen molar-refractivity contribution in [2.75, 3.05) is 23.0 Å². The van der Waals surface area contributed by atoms with Crippen LogP contribution in [0.15, 0.2) is 71.9 Å². The number of nitrogens with zero attached hydrogens (tertiary/aromatic N) is 2. The van der Waals surface area contributed by atoms with Crippen molar-refractivity contribution in [1.82, 2.24) is 4.98 Å². The molecule has 8 heteroatoms. The molecule has 1 amide bonds. The fourth-order valence-corrected chi connectivity index (χ4v) is 4.25. The summed E-state index contributed by atoms with van der Waals surface area (Å²) in [7, 11) is 0. The first kappa shape index (κ1) is 20.3. The molecule has 1 aliphatic rings. The normalized spacial score (nSPS) is 15.7. The van der Waals surface area contributed by atoms with Crippen LogP contribution in [0, 0.1) is 0 Å². The Labute approximate surface area is 176 Å². The number of benzene rings is 2. The molecular weight excluding hydrogens is 411 g/mol. The number of thioether (sulfide) groups is 1. The molecule has 1 aliphatic heterocycles. The Morgan fingerprint density at radius 3 is 2.47 bits per heavy atom. The van der Waals surface area contributed by atoms with Gasteiger partial charge in [-0.25, -0.2) is 0 Å². The molecule has 1 atom stereocenters. The summed E-state index contributed by atoms with van der Waals surface area (Å²) in [6, 6.07) is 15.1. The first-order valence-corrected chi connectivity index (χ1v) is 10.4. The summed E-state index contributed by atoms with van der Waals surface area (Å²) in [4.78, 5) is 18.9. The van der Waals surface area contributed by atoms with E-state index in [0.717, 1.165) is 17.8 Å². The Balaban J connectivity index is 1.79. The minimum absolute atomic E-state index is 0.107. The maximum atomic E-state index is 13.7. The van der Waals surface area contributed by atoms with Crippen LogP contribution < -0.4 is 10.2 Å². The maximum absolute atomic E-state index is 13.7. The van der Waals surface area contributed by atoms with Crippen LogP contribution in [0.4, 0.5) is 30.2 Å². The number of carbonyl (C=O) groups is 1. The van der Waals surface area contributed by atoms with Crippen LogP contribution in [0.25, 0.3) is 0 Å². The molecule has 0 bridgehead atoms. The lowest BCUT2D eigenvalue weighted by atomic mass is 9.98. The summed E-state index contributed by atoms with van der Waals surface area (Å²) in [5, 5.41) is 2.87. The van der Waals surface area contributed by atoms with Crippen molar-refractivity contribution in [2.45, 2.75) is 17.0 Å². The zero-order valence-electron chi connectivity index (χ0n) is 16.0. The third kappa shape index (κ3) is 3.87. The second kappa shape index (κ2) is 8.02. The number of carbonyl (C=O) groups excluding carboxylic acids is 1. The summed E-state index contributed by atoms with van der Waals surface area (Å²) >= 11 is 1.02. The summed E-state index contributed by atoms with van der Waals surface area (Å²) in [5.74, 6) is -0.868. The van der Waals surface area contributed by atoms with Gasteiger partial charge in [-0.1, -0.05) is 18.2 Å². The van der Waals surface area contributed by atoms with Gasteiger partial charge >= 0.3 is 6.18 Å². The van der Waals surface area contributed by atoms with Crippen molar-refractivity contribution in [2.24, 2.45) is 0 Å². The Morgan fingerprint density at radius 1 is 1.13 bits per heavy atom. The monoisotopic (exact) mass is 429 g/mol. The van der Waals surface area contributed by atoms with E-state index in [9.17, 15) is 18.0 Å². The number of para-hydroxylation sites is 1. The Kier molecular flexibility index (Phi) is 5.42. The van der Waals surface area contributed by atoms with Gasteiger partial charge in [0.15, 0.2) is 0 Å². The fraction of sp³-hybridized carbons (Fsp3) is 0.182. The lowest BCUT2D eigenvalue weighted by molar-refractivity contribution is -0.139. The number of hydrogen-bond acceptors (Lipinski definition) is 4. The molecule has 2 aromatic carbocycles. The minimum atomic E-state index is -4.48. The molecule has 0 spiro atoms. The number of nitrogens with one attached hydrogen (secondary N) is 1. The van der Waals surface area contributed by atoms with Gasteiger partial charge in [0.05, 0.1) is 11.5 Å². The highest BCUT2D eigenvalue weighted by Crippen LogP contribution is 2.47. The van der Waals surface area contributed by atoms with Crippen molar-refractivity contribution >= 4 is 34.7 Å². The molecule has 4 nitrogen and oxygen atoms in total. The van der Waals surface area contributed by atoms with E-state index in [1.165, 1.54) is 6.07 Å². The zero-order chi connectivity index (χ0) is 21.3. The van der Waals surface area contributed by atoms with Crippen molar-refractivity contribution in [3.8, 4) is 0 Å². The SMILES string of the molecule is CSc1cc2c(cc1C(F)(F)F)N(c1ccncc1)CC2C(=O)Nc1ccccc1. The van der Waals surface area contributed by atoms with Gasteiger partial charge in [0.2, 0.25) is 5.91 Å². The molecule has 0 saturated heterocycles. The number of anilines is 3. The lowest BCUT2D eigenvalue weighted by Crippen LogP contribution is -2.25. The smallest absolute Gasteiger partial charge is 0.340 e. The molecule has 4 rings (SSSR count). The van der Waals surface area contributed by atoms with Crippen LogP contribution in [0.3, 0.4) is 0 Å². The van der Waals surface area contributed by atoms with E-state index in [2.05, 4.69) is 10.3 Å². The van der Waals surface area contributed by atoms with E-state index in [0.29, 0.717) is 22.6 Å². The van der Waals surface area contributed by atoms with E-state index in [1.54, 1.807) is 47.8 Å². The van der Waals surface area contributed by atoms with Gasteiger partial charge in [0, 0.05) is 40.9 Å². The molecule has 0 saturated carbocycles. The van der Waals surface area contributed by atoms with Crippen molar-refractivity contribution in [3.05, 3.63) is 78.1 Å². The third-order valence-electron chi connectivity index (χ3n) is 5.02. The number of rotatable bonds is 4.